The third kappa shape index (κ3) is 5.67. The van der Waals surface area contributed by atoms with Gasteiger partial charge < -0.3 is 70.0 Å². The Morgan fingerprint density at radius 1 is 0.619 bits per heavy atom. The van der Waals surface area contributed by atoms with Crippen LogP contribution >= 0.6 is 0 Å². The van der Waals surface area contributed by atoms with E-state index in [-0.39, 0.29) is 39.7 Å². The second-order valence-corrected chi connectivity index (χ2v) is 9.97. The fourth-order valence-corrected chi connectivity index (χ4v) is 4.75. The molecule has 2 aromatic carbocycles. The van der Waals surface area contributed by atoms with Gasteiger partial charge in [-0.05, 0) is 24.3 Å². The highest BCUT2D eigenvalue weighted by atomic mass is 16.7. The average molecular weight is 596 g/mol. The van der Waals surface area contributed by atoms with Crippen molar-refractivity contribution >= 4 is 11.0 Å². The maximum absolute atomic E-state index is 10.6. The molecule has 2 saturated heterocycles. The summed E-state index contributed by atoms with van der Waals surface area (Å²) in [6.45, 7) is -1.40. The number of rotatable bonds is 7. The van der Waals surface area contributed by atoms with Crippen LogP contribution in [0.5, 0.6) is 23.0 Å². The van der Waals surface area contributed by atoms with E-state index in [0.717, 1.165) is 6.07 Å². The van der Waals surface area contributed by atoms with Crippen molar-refractivity contribution in [3.05, 3.63) is 42.5 Å². The summed E-state index contributed by atoms with van der Waals surface area (Å²) in [5, 5.41) is 101. The van der Waals surface area contributed by atoms with Crippen molar-refractivity contribution in [2.45, 2.75) is 61.4 Å². The van der Waals surface area contributed by atoms with Gasteiger partial charge in [-0.25, -0.2) is 4.42 Å². The monoisotopic (exact) mass is 595 g/mol. The molecule has 0 radical (unpaired) electrons. The number of hydrogen-bond donors (Lipinski definition) is 10. The van der Waals surface area contributed by atoms with Gasteiger partial charge in [-0.3, -0.25) is 0 Å². The Morgan fingerprint density at radius 3 is 1.67 bits per heavy atom. The lowest BCUT2D eigenvalue weighted by molar-refractivity contribution is -0.277. The predicted molar refractivity (Wildman–Crippen MR) is 138 cm³/mol. The van der Waals surface area contributed by atoms with Gasteiger partial charge in [0, 0.05) is 12.1 Å². The molecule has 0 unspecified atom stereocenters. The van der Waals surface area contributed by atoms with Gasteiger partial charge in [0.1, 0.15) is 71.5 Å². The second kappa shape index (κ2) is 12.1. The van der Waals surface area contributed by atoms with E-state index in [1.54, 1.807) is 0 Å². The first kappa shape index (κ1) is 30.1. The van der Waals surface area contributed by atoms with Crippen LogP contribution in [0.25, 0.3) is 22.3 Å². The quantitative estimate of drug-likeness (QED) is 0.135. The Balaban J connectivity index is 1.59. The summed E-state index contributed by atoms with van der Waals surface area (Å²) in [6.07, 6.45) is -16.0. The first-order chi connectivity index (χ1) is 20.0. The van der Waals surface area contributed by atoms with Crippen molar-refractivity contribution in [2.75, 3.05) is 13.2 Å². The lowest BCUT2D eigenvalue weighted by Crippen LogP contribution is -2.60. The van der Waals surface area contributed by atoms with Crippen molar-refractivity contribution in [1.82, 2.24) is 0 Å². The fraction of sp³-hybridized carbons (Fsp3) is 0.444. The Bertz CT molecular complexity index is 1380. The van der Waals surface area contributed by atoms with Crippen molar-refractivity contribution in [3.8, 4) is 34.3 Å². The normalized spacial score (nSPS) is 33.4. The van der Waals surface area contributed by atoms with Gasteiger partial charge in [-0.1, -0.05) is 0 Å². The zero-order valence-electron chi connectivity index (χ0n) is 21.7. The van der Waals surface area contributed by atoms with Crippen LogP contribution in [-0.2, 0) is 9.47 Å². The van der Waals surface area contributed by atoms with E-state index in [1.807, 2.05) is 0 Å². The molecule has 15 heteroatoms. The molecule has 1 aromatic heterocycles. The van der Waals surface area contributed by atoms with E-state index in [0.29, 0.717) is 5.56 Å². The fourth-order valence-electron chi connectivity index (χ4n) is 4.75. The SMILES string of the molecule is OC[C@@H]1O[C@H](Oc2cc3c(O[C@@H]4O[C@H](CO)[C@@H](O)[C@@H](O)[C@H]4O)cc(O)cc3[o+]c2-c2ccc(O)cc2)[C@@H](O)[C@@H](O)[C@H]1O. The third-order valence-corrected chi connectivity index (χ3v) is 7.11. The van der Waals surface area contributed by atoms with Gasteiger partial charge in [0.15, 0.2) is 0 Å². The summed E-state index contributed by atoms with van der Waals surface area (Å²) >= 11 is 0. The number of ether oxygens (including phenoxy) is 4. The van der Waals surface area contributed by atoms with Crippen LogP contribution in [0, 0.1) is 0 Å². The van der Waals surface area contributed by atoms with Crippen LogP contribution in [-0.4, -0.2) is 126 Å². The van der Waals surface area contributed by atoms with Crippen molar-refractivity contribution in [3.63, 3.8) is 0 Å². The Morgan fingerprint density at radius 2 is 1.14 bits per heavy atom. The number of fused-ring (bicyclic) bond motifs is 1. The van der Waals surface area contributed by atoms with E-state index >= 15 is 0 Å². The van der Waals surface area contributed by atoms with Gasteiger partial charge in [0.2, 0.25) is 18.3 Å². The van der Waals surface area contributed by atoms with Gasteiger partial charge in [-0.2, -0.15) is 0 Å². The van der Waals surface area contributed by atoms with Gasteiger partial charge >= 0.3 is 11.3 Å². The molecule has 15 nitrogen and oxygen atoms in total. The standard InChI is InChI=1S/C27H30O15/c28-8-17-19(32)21(34)23(36)26(41-17)39-15-6-12(31)5-14-13(15)7-16(25(38-14)10-1-3-11(30)4-2-10)40-27-24(37)22(35)20(33)18(9-29)42-27/h1-7,17-24,26-29,32-37H,8-9H2,(H-,30,31)/p+1/t17-,18+,19-,20+,21-,22+,23-,24+,26-,27+/m1/s1. The highest BCUT2D eigenvalue weighted by molar-refractivity contribution is 5.88. The number of phenols is 2. The highest BCUT2D eigenvalue weighted by Crippen LogP contribution is 2.42. The Labute approximate surface area is 237 Å². The maximum Gasteiger partial charge on any atom is 0.402 e. The molecular formula is C27H31O15+. The van der Waals surface area contributed by atoms with E-state index in [1.165, 1.54) is 36.4 Å². The molecule has 2 aliphatic heterocycles. The van der Waals surface area contributed by atoms with Crippen LogP contribution in [0.3, 0.4) is 0 Å². The van der Waals surface area contributed by atoms with Crippen LogP contribution in [0.4, 0.5) is 0 Å². The van der Waals surface area contributed by atoms with Crippen LogP contribution in [0.2, 0.25) is 0 Å². The van der Waals surface area contributed by atoms with E-state index in [4.69, 9.17) is 23.4 Å². The first-order valence-electron chi connectivity index (χ1n) is 12.9. The Kier molecular flexibility index (Phi) is 8.68. The van der Waals surface area contributed by atoms with Gasteiger partial charge in [-0.15, -0.1) is 0 Å². The molecule has 0 amide bonds. The molecule has 3 aromatic rings. The molecule has 10 N–H and O–H groups in total. The minimum Gasteiger partial charge on any atom is -0.508 e. The smallest absolute Gasteiger partial charge is 0.402 e. The van der Waals surface area contributed by atoms with E-state index in [9.17, 15) is 51.1 Å². The van der Waals surface area contributed by atoms with Crippen molar-refractivity contribution in [2.24, 2.45) is 0 Å². The number of aliphatic hydroxyl groups excluding tert-OH is 8. The molecule has 2 aliphatic rings. The molecular weight excluding hydrogens is 564 g/mol. The number of benzene rings is 2. The van der Waals surface area contributed by atoms with Gasteiger partial charge in [0.05, 0.1) is 24.8 Å². The summed E-state index contributed by atoms with van der Waals surface area (Å²) in [6, 6.07) is 9.41. The van der Waals surface area contributed by atoms with Crippen LogP contribution < -0.4 is 9.47 Å². The van der Waals surface area contributed by atoms with Crippen LogP contribution in [0.1, 0.15) is 0 Å². The first-order valence-corrected chi connectivity index (χ1v) is 12.9. The zero-order valence-corrected chi connectivity index (χ0v) is 21.7. The highest BCUT2D eigenvalue weighted by Gasteiger charge is 2.47. The molecule has 0 saturated carbocycles. The number of hydrogen-bond acceptors (Lipinski definition) is 14. The summed E-state index contributed by atoms with van der Waals surface area (Å²) in [4.78, 5) is 0. The molecule has 42 heavy (non-hydrogen) atoms. The van der Waals surface area contributed by atoms with E-state index < -0.39 is 74.6 Å². The topological polar surface area (TPSA) is 251 Å². The minimum atomic E-state index is -1.77. The van der Waals surface area contributed by atoms with Crippen molar-refractivity contribution in [1.29, 1.82) is 0 Å². The Hall–Kier alpha value is -3.35. The minimum absolute atomic E-state index is 0.00357. The lowest BCUT2D eigenvalue weighted by Gasteiger charge is -2.39. The molecule has 2 fully saturated rings. The number of aromatic hydroxyl groups is 2. The molecule has 228 valence electrons. The molecule has 10 atom stereocenters. The van der Waals surface area contributed by atoms with Gasteiger partial charge in [0.25, 0.3) is 0 Å². The largest absolute Gasteiger partial charge is 0.508 e. The predicted octanol–water partition coefficient (Wildman–Crippen LogP) is -1.85. The maximum atomic E-state index is 10.6. The third-order valence-electron chi connectivity index (χ3n) is 7.11. The molecule has 3 heterocycles. The van der Waals surface area contributed by atoms with Crippen LogP contribution in [0.15, 0.2) is 46.9 Å². The summed E-state index contributed by atoms with van der Waals surface area (Å²) in [5.74, 6) is -0.673. The molecule has 0 bridgehead atoms. The second-order valence-electron chi connectivity index (χ2n) is 9.97. The van der Waals surface area contributed by atoms with Crippen molar-refractivity contribution < 1.29 is 74.4 Å². The number of phenolic OH excluding ortho intramolecular Hbond substituents is 2. The molecule has 0 aliphatic carbocycles. The summed E-state index contributed by atoms with van der Waals surface area (Å²) < 4.78 is 28.6. The average Bonchev–Trinajstić information content (AvgIpc) is 2.98. The van der Waals surface area contributed by atoms with E-state index in [2.05, 4.69) is 0 Å². The lowest BCUT2D eigenvalue weighted by atomic mass is 9.99. The summed E-state index contributed by atoms with van der Waals surface area (Å²) in [7, 11) is 0. The summed E-state index contributed by atoms with van der Waals surface area (Å²) in [5.41, 5.74) is 0.368. The number of aliphatic hydroxyl groups is 8. The molecule has 5 rings (SSSR count). The molecule has 0 spiro atoms. The zero-order chi connectivity index (χ0) is 30.3.